The van der Waals surface area contributed by atoms with E-state index in [-0.39, 0.29) is 5.82 Å². The SMILES string of the molecule is CN(C(=O)OC(C)(C)C)C1Cn2c(c(-c3cnc4ccccc4c3)c3c(N)ncnc32)-c2cc(F)ccc21. The standard InChI is InChI=1S/C29H27FN6O2/c1-29(2,3)38-28(37)35(4)22-14-36-25(20-12-18(30)9-10-19(20)22)23(24-26(31)33-15-34-27(24)36)17-11-16-7-5-6-8-21(16)32-13-17/h5-13,15,22H,14H2,1-4H3,(H2,31,33,34). The Hall–Kier alpha value is -4.53. The van der Waals surface area contributed by atoms with E-state index in [2.05, 4.69) is 15.0 Å². The number of hydrogen-bond donors (Lipinski definition) is 1. The van der Waals surface area contributed by atoms with Gasteiger partial charge in [0.1, 0.15) is 29.2 Å². The molecular formula is C29H27FN6O2. The molecule has 3 aromatic heterocycles. The molecule has 5 aromatic rings. The molecule has 1 aliphatic rings. The highest BCUT2D eigenvalue weighted by Crippen LogP contribution is 2.48. The van der Waals surface area contributed by atoms with Crippen molar-refractivity contribution in [2.45, 2.75) is 39.0 Å². The van der Waals surface area contributed by atoms with Crippen LogP contribution >= 0.6 is 0 Å². The number of benzene rings is 2. The number of rotatable bonds is 2. The monoisotopic (exact) mass is 510 g/mol. The number of fused-ring (bicyclic) bond motifs is 6. The van der Waals surface area contributed by atoms with Gasteiger partial charge in [0.25, 0.3) is 0 Å². The summed E-state index contributed by atoms with van der Waals surface area (Å²) in [7, 11) is 1.69. The van der Waals surface area contributed by atoms with E-state index in [1.54, 1.807) is 24.2 Å². The van der Waals surface area contributed by atoms with Crippen LogP contribution in [0.2, 0.25) is 0 Å². The summed E-state index contributed by atoms with van der Waals surface area (Å²) in [5, 5.41) is 1.63. The van der Waals surface area contributed by atoms with E-state index in [0.717, 1.165) is 33.3 Å². The third kappa shape index (κ3) is 3.82. The summed E-state index contributed by atoms with van der Waals surface area (Å²) in [6.07, 6.45) is 2.74. The normalized spacial score (nSPS) is 14.8. The van der Waals surface area contributed by atoms with E-state index in [1.165, 1.54) is 18.5 Å². The fourth-order valence-corrected chi connectivity index (χ4v) is 5.23. The molecule has 9 heteroatoms. The van der Waals surface area contributed by atoms with Gasteiger partial charge >= 0.3 is 6.09 Å². The van der Waals surface area contributed by atoms with Crippen molar-refractivity contribution in [1.82, 2.24) is 24.4 Å². The number of amides is 1. The van der Waals surface area contributed by atoms with Gasteiger partial charge in [-0.3, -0.25) is 4.98 Å². The van der Waals surface area contributed by atoms with Crippen molar-refractivity contribution in [3.05, 3.63) is 72.4 Å². The van der Waals surface area contributed by atoms with E-state index >= 15 is 0 Å². The first-order valence-corrected chi connectivity index (χ1v) is 12.4. The van der Waals surface area contributed by atoms with Gasteiger partial charge in [-0.15, -0.1) is 0 Å². The number of nitrogen functional groups attached to an aromatic ring is 1. The van der Waals surface area contributed by atoms with Crippen LogP contribution < -0.4 is 5.73 Å². The van der Waals surface area contributed by atoms with E-state index < -0.39 is 17.7 Å². The molecule has 1 unspecified atom stereocenters. The highest BCUT2D eigenvalue weighted by atomic mass is 19.1. The summed E-state index contributed by atoms with van der Waals surface area (Å²) in [4.78, 5) is 28.1. The van der Waals surface area contributed by atoms with Crippen LogP contribution in [0.5, 0.6) is 0 Å². The highest BCUT2D eigenvalue weighted by Gasteiger charge is 2.36. The van der Waals surface area contributed by atoms with E-state index in [1.807, 2.05) is 55.7 Å². The lowest BCUT2D eigenvalue weighted by Crippen LogP contribution is -2.39. The molecule has 1 aliphatic heterocycles. The summed E-state index contributed by atoms with van der Waals surface area (Å²) < 4.78 is 22.4. The number of anilines is 1. The molecule has 0 bridgehead atoms. The largest absolute Gasteiger partial charge is 0.444 e. The predicted octanol–water partition coefficient (Wildman–Crippen LogP) is 5.96. The molecule has 192 valence electrons. The Kier molecular flexibility index (Phi) is 5.34. The van der Waals surface area contributed by atoms with Crippen molar-refractivity contribution < 1.29 is 13.9 Å². The van der Waals surface area contributed by atoms with Crippen LogP contribution in [0.4, 0.5) is 15.0 Å². The number of likely N-dealkylation sites (N-methyl/N-ethyl adjacent to an activating group) is 1. The first-order valence-electron chi connectivity index (χ1n) is 12.4. The third-order valence-corrected chi connectivity index (χ3v) is 6.88. The molecule has 2 aromatic carbocycles. The minimum absolute atomic E-state index is 0.315. The molecule has 0 spiro atoms. The number of ether oxygens (including phenoxy) is 1. The maximum absolute atomic E-state index is 14.8. The zero-order chi connectivity index (χ0) is 26.8. The van der Waals surface area contributed by atoms with Crippen molar-refractivity contribution in [3.63, 3.8) is 0 Å². The second-order valence-corrected chi connectivity index (χ2v) is 10.5. The number of aromatic nitrogens is 4. The van der Waals surface area contributed by atoms with Crippen molar-refractivity contribution in [2.75, 3.05) is 12.8 Å². The molecule has 1 amide bonds. The fraction of sp³-hybridized carbons (Fsp3) is 0.241. The number of nitrogens with two attached hydrogens (primary N) is 1. The van der Waals surface area contributed by atoms with E-state index in [4.69, 9.17) is 10.5 Å². The van der Waals surface area contributed by atoms with Crippen molar-refractivity contribution in [3.8, 4) is 22.4 Å². The van der Waals surface area contributed by atoms with Crippen LogP contribution in [0.25, 0.3) is 44.3 Å². The quantitative estimate of drug-likeness (QED) is 0.315. The molecule has 38 heavy (non-hydrogen) atoms. The number of hydrogen-bond acceptors (Lipinski definition) is 6. The fourth-order valence-electron chi connectivity index (χ4n) is 5.23. The number of nitrogens with zero attached hydrogens (tertiary/aromatic N) is 5. The smallest absolute Gasteiger partial charge is 0.410 e. The van der Waals surface area contributed by atoms with Crippen LogP contribution in [0.1, 0.15) is 32.4 Å². The number of para-hydroxylation sites is 1. The van der Waals surface area contributed by atoms with Crippen LogP contribution in [0.15, 0.2) is 61.1 Å². The van der Waals surface area contributed by atoms with E-state index in [0.29, 0.717) is 29.0 Å². The summed E-state index contributed by atoms with van der Waals surface area (Å²) >= 11 is 0. The Morgan fingerprint density at radius 1 is 1.13 bits per heavy atom. The van der Waals surface area contributed by atoms with E-state index in [9.17, 15) is 9.18 Å². The first kappa shape index (κ1) is 23.8. The average Bonchev–Trinajstić information content (AvgIpc) is 3.22. The minimum Gasteiger partial charge on any atom is -0.444 e. The zero-order valence-electron chi connectivity index (χ0n) is 21.6. The van der Waals surface area contributed by atoms with Crippen molar-refractivity contribution in [2.24, 2.45) is 0 Å². The molecule has 0 radical (unpaired) electrons. The summed E-state index contributed by atoms with van der Waals surface area (Å²) in [5.41, 5.74) is 11.1. The molecule has 0 saturated heterocycles. The van der Waals surface area contributed by atoms with Gasteiger partial charge in [-0.1, -0.05) is 24.3 Å². The Morgan fingerprint density at radius 3 is 2.71 bits per heavy atom. The predicted molar refractivity (Wildman–Crippen MR) is 145 cm³/mol. The van der Waals surface area contributed by atoms with Gasteiger partial charge < -0.3 is 19.9 Å². The highest BCUT2D eigenvalue weighted by molar-refractivity contribution is 6.09. The van der Waals surface area contributed by atoms with Gasteiger partial charge in [-0.05, 0) is 50.6 Å². The van der Waals surface area contributed by atoms with Gasteiger partial charge in [-0.2, -0.15) is 0 Å². The molecule has 6 rings (SSSR count). The number of carbonyl (C=O) groups is 1. The molecule has 0 fully saturated rings. The Labute approximate surface area is 218 Å². The Morgan fingerprint density at radius 2 is 1.92 bits per heavy atom. The molecule has 0 saturated carbocycles. The average molecular weight is 511 g/mol. The molecule has 8 nitrogen and oxygen atoms in total. The zero-order valence-corrected chi connectivity index (χ0v) is 21.6. The molecule has 0 aliphatic carbocycles. The Balaban J connectivity index is 1.62. The molecule has 1 atom stereocenters. The van der Waals surface area contributed by atoms with Crippen LogP contribution in [-0.4, -0.2) is 43.2 Å². The van der Waals surface area contributed by atoms with Crippen molar-refractivity contribution >= 4 is 33.8 Å². The number of halogens is 1. The molecule has 4 heterocycles. The maximum atomic E-state index is 14.8. The first-order chi connectivity index (χ1) is 18.1. The number of carbonyl (C=O) groups excluding carboxylic acids is 1. The van der Waals surface area contributed by atoms with Crippen LogP contribution in [0.3, 0.4) is 0 Å². The summed E-state index contributed by atoms with van der Waals surface area (Å²) in [6.45, 7) is 5.84. The second-order valence-electron chi connectivity index (χ2n) is 10.5. The molecule has 2 N–H and O–H groups in total. The lowest BCUT2D eigenvalue weighted by atomic mass is 9.90. The van der Waals surface area contributed by atoms with Crippen LogP contribution in [0, 0.1) is 5.82 Å². The Bertz CT molecular complexity index is 1740. The maximum Gasteiger partial charge on any atom is 0.410 e. The van der Waals surface area contributed by atoms with Gasteiger partial charge in [0, 0.05) is 41.9 Å². The lowest BCUT2D eigenvalue weighted by molar-refractivity contribution is 0.0203. The molecular weight excluding hydrogens is 483 g/mol. The third-order valence-electron chi connectivity index (χ3n) is 6.88. The van der Waals surface area contributed by atoms with Gasteiger partial charge in [0.15, 0.2) is 0 Å². The van der Waals surface area contributed by atoms with Crippen LogP contribution in [-0.2, 0) is 11.3 Å². The summed E-state index contributed by atoms with van der Waals surface area (Å²) in [6, 6.07) is 14.1. The second kappa shape index (κ2) is 8.51. The minimum atomic E-state index is -0.658. The topological polar surface area (TPSA) is 99.2 Å². The van der Waals surface area contributed by atoms with Gasteiger partial charge in [0.05, 0.1) is 22.6 Å². The van der Waals surface area contributed by atoms with Crippen molar-refractivity contribution in [1.29, 1.82) is 0 Å². The lowest BCUT2D eigenvalue weighted by Gasteiger charge is -2.35. The summed E-state index contributed by atoms with van der Waals surface area (Å²) in [5.74, 6) is -0.0715. The number of pyridine rings is 1. The van der Waals surface area contributed by atoms with Gasteiger partial charge in [0.2, 0.25) is 0 Å². The van der Waals surface area contributed by atoms with Gasteiger partial charge in [-0.25, -0.2) is 19.2 Å².